The summed E-state index contributed by atoms with van der Waals surface area (Å²) in [5.41, 5.74) is 5.27. The van der Waals surface area contributed by atoms with Gasteiger partial charge in [-0.05, 0) is 38.8 Å². The summed E-state index contributed by atoms with van der Waals surface area (Å²) < 4.78 is 7.18. The van der Waals surface area contributed by atoms with Crippen molar-refractivity contribution in [3.63, 3.8) is 0 Å². The Balaban J connectivity index is 1.91. The average Bonchev–Trinajstić information content (AvgIpc) is 2.74. The van der Waals surface area contributed by atoms with Crippen LogP contribution in [-0.4, -0.2) is 29.3 Å². The second-order valence-corrected chi connectivity index (χ2v) is 5.87. The predicted molar refractivity (Wildman–Crippen MR) is 90.8 cm³/mol. The highest BCUT2D eigenvalue weighted by Crippen LogP contribution is 2.19. The average molecular weight is 315 g/mol. The fourth-order valence-electron chi connectivity index (χ4n) is 2.74. The first-order valence-corrected chi connectivity index (χ1v) is 7.81. The normalized spacial score (nSPS) is 10.7. The molecule has 5 heteroatoms. The summed E-state index contributed by atoms with van der Waals surface area (Å²) in [5, 5.41) is 7.33. The SMILES string of the molecule is COc1ccc(C)cc1CCNC(=O)Cc1c(C)nn(C)c1C. The van der Waals surface area contributed by atoms with Crippen molar-refractivity contribution in [1.29, 1.82) is 0 Å². The maximum Gasteiger partial charge on any atom is 0.224 e. The number of nitrogens with one attached hydrogen (secondary N) is 1. The van der Waals surface area contributed by atoms with Gasteiger partial charge >= 0.3 is 0 Å². The van der Waals surface area contributed by atoms with E-state index in [1.807, 2.05) is 37.7 Å². The van der Waals surface area contributed by atoms with Gasteiger partial charge in [0.25, 0.3) is 0 Å². The van der Waals surface area contributed by atoms with Gasteiger partial charge in [-0.15, -0.1) is 0 Å². The Hall–Kier alpha value is -2.30. The van der Waals surface area contributed by atoms with Crippen LogP contribution in [0.1, 0.15) is 28.1 Å². The highest BCUT2D eigenvalue weighted by Gasteiger charge is 2.13. The summed E-state index contributed by atoms with van der Waals surface area (Å²) in [4.78, 5) is 12.2. The molecule has 2 aromatic rings. The molecule has 1 aromatic heterocycles. The number of aromatic nitrogens is 2. The number of aryl methyl sites for hydroxylation is 3. The molecule has 0 saturated heterocycles. The molecule has 0 bridgehead atoms. The van der Waals surface area contributed by atoms with Gasteiger partial charge in [0.05, 0.1) is 19.2 Å². The van der Waals surface area contributed by atoms with Crippen LogP contribution in [0, 0.1) is 20.8 Å². The summed E-state index contributed by atoms with van der Waals surface area (Å²) in [7, 11) is 3.56. The van der Waals surface area contributed by atoms with Crippen LogP contribution >= 0.6 is 0 Å². The third-order valence-electron chi connectivity index (χ3n) is 4.15. The van der Waals surface area contributed by atoms with Crippen molar-refractivity contribution >= 4 is 5.91 Å². The summed E-state index contributed by atoms with van der Waals surface area (Å²) in [5.74, 6) is 0.889. The molecule has 0 unspecified atom stereocenters. The third-order valence-corrected chi connectivity index (χ3v) is 4.15. The van der Waals surface area contributed by atoms with E-state index in [0.29, 0.717) is 13.0 Å². The van der Waals surface area contributed by atoms with Crippen LogP contribution in [-0.2, 0) is 24.7 Å². The van der Waals surface area contributed by atoms with E-state index >= 15 is 0 Å². The molecule has 124 valence electrons. The molecule has 2 rings (SSSR count). The minimum Gasteiger partial charge on any atom is -0.496 e. The Morgan fingerprint density at radius 2 is 2.04 bits per heavy atom. The van der Waals surface area contributed by atoms with Crippen molar-refractivity contribution in [3.05, 3.63) is 46.3 Å². The number of rotatable bonds is 6. The molecule has 0 fully saturated rings. The van der Waals surface area contributed by atoms with E-state index in [2.05, 4.69) is 23.4 Å². The van der Waals surface area contributed by atoms with E-state index < -0.39 is 0 Å². The molecule has 1 amide bonds. The molecule has 0 spiro atoms. The number of hydrogen-bond acceptors (Lipinski definition) is 3. The fraction of sp³-hybridized carbons (Fsp3) is 0.444. The highest BCUT2D eigenvalue weighted by molar-refractivity contribution is 5.79. The number of methoxy groups -OCH3 is 1. The van der Waals surface area contributed by atoms with Gasteiger partial charge in [0, 0.05) is 24.8 Å². The van der Waals surface area contributed by atoms with Gasteiger partial charge in [0.2, 0.25) is 5.91 Å². The maximum absolute atomic E-state index is 12.2. The van der Waals surface area contributed by atoms with Crippen LogP contribution in [0.2, 0.25) is 0 Å². The number of hydrogen-bond donors (Lipinski definition) is 1. The fourth-order valence-corrected chi connectivity index (χ4v) is 2.74. The van der Waals surface area contributed by atoms with Crippen molar-refractivity contribution in [3.8, 4) is 5.75 Å². The van der Waals surface area contributed by atoms with Crippen LogP contribution < -0.4 is 10.1 Å². The summed E-state index contributed by atoms with van der Waals surface area (Å²) >= 11 is 0. The molecule has 0 atom stereocenters. The van der Waals surface area contributed by atoms with Crippen molar-refractivity contribution in [2.24, 2.45) is 7.05 Å². The molecule has 1 heterocycles. The van der Waals surface area contributed by atoms with Crippen molar-refractivity contribution in [2.45, 2.75) is 33.6 Å². The highest BCUT2D eigenvalue weighted by atomic mass is 16.5. The zero-order valence-corrected chi connectivity index (χ0v) is 14.6. The van der Waals surface area contributed by atoms with E-state index in [0.717, 1.165) is 34.7 Å². The molecule has 1 N–H and O–H groups in total. The first-order chi connectivity index (χ1) is 10.9. The number of benzene rings is 1. The quantitative estimate of drug-likeness (QED) is 0.889. The van der Waals surface area contributed by atoms with Crippen molar-refractivity contribution in [2.75, 3.05) is 13.7 Å². The molecular weight excluding hydrogens is 290 g/mol. The first kappa shape index (κ1) is 17.1. The number of carbonyl (C=O) groups excluding carboxylic acids is 1. The minimum atomic E-state index is 0.0239. The van der Waals surface area contributed by atoms with E-state index in [-0.39, 0.29) is 5.91 Å². The standard InChI is InChI=1S/C18H25N3O2/c1-12-6-7-17(23-5)15(10-12)8-9-19-18(22)11-16-13(2)20-21(4)14(16)3/h6-7,10H,8-9,11H2,1-5H3,(H,19,22). The van der Waals surface area contributed by atoms with Gasteiger partial charge in [0.15, 0.2) is 0 Å². The van der Waals surface area contributed by atoms with E-state index in [1.54, 1.807) is 7.11 Å². The van der Waals surface area contributed by atoms with Crippen LogP contribution in [0.3, 0.4) is 0 Å². The Labute approximate surface area is 137 Å². The van der Waals surface area contributed by atoms with Gasteiger partial charge in [-0.25, -0.2) is 0 Å². The topological polar surface area (TPSA) is 56.1 Å². The predicted octanol–water partition coefficient (Wildman–Crippen LogP) is 2.26. The first-order valence-electron chi connectivity index (χ1n) is 7.81. The number of carbonyl (C=O) groups is 1. The lowest BCUT2D eigenvalue weighted by molar-refractivity contribution is -0.120. The van der Waals surface area contributed by atoms with E-state index in [4.69, 9.17) is 4.74 Å². The molecule has 0 aliphatic rings. The van der Waals surface area contributed by atoms with Crippen molar-refractivity contribution < 1.29 is 9.53 Å². The molecule has 0 aliphatic heterocycles. The molecule has 23 heavy (non-hydrogen) atoms. The van der Waals surface area contributed by atoms with E-state index in [1.165, 1.54) is 5.56 Å². The monoisotopic (exact) mass is 315 g/mol. The molecule has 0 radical (unpaired) electrons. The molecule has 0 saturated carbocycles. The smallest absolute Gasteiger partial charge is 0.224 e. The van der Waals surface area contributed by atoms with Crippen LogP contribution in [0.4, 0.5) is 0 Å². The lowest BCUT2D eigenvalue weighted by Crippen LogP contribution is -2.27. The van der Waals surface area contributed by atoms with Gasteiger partial charge in [-0.1, -0.05) is 17.7 Å². The van der Waals surface area contributed by atoms with E-state index in [9.17, 15) is 4.79 Å². The summed E-state index contributed by atoms with van der Waals surface area (Å²) in [6.45, 7) is 6.57. The molecule has 1 aromatic carbocycles. The van der Waals surface area contributed by atoms with Gasteiger partial charge in [-0.3, -0.25) is 9.48 Å². The maximum atomic E-state index is 12.2. The Bertz CT molecular complexity index is 705. The van der Waals surface area contributed by atoms with Crippen molar-refractivity contribution in [1.82, 2.24) is 15.1 Å². The van der Waals surface area contributed by atoms with Crippen LogP contribution in [0.15, 0.2) is 18.2 Å². The van der Waals surface area contributed by atoms with Crippen LogP contribution in [0.25, 0.3) is 0 Å². The Morgan fingerprint density at radius 1 is 1.30 bits per heavy atom. The third kappa shape index (κ3) is 4.12. The Morgan fingerprint density at radius 3 is 2.65 bits per heavy atom. The number of nitrogens with zero attached hydrogens (tertiary/aromatic N) is 2. The second kappa shape index (κ2) is 7.31. The molecule has 0 aliphatic carbocycles. The van der Waals surface area contributed by atoms with Gasteiger partial charge < -0.3 is 10.1 Å². The number of amides is 1. The zero-order valence-electron chi connectivity index (χ0n) is 14.6. The lowest BCUT2D eigenvalue weighted by atomic mass is 10.1. The number of ether oxygens (including phenoxy) is 1. The zero-order chi connectivity index (χ0) is 17.0. The molecular formula is C18H25N3O2. The minimum absolute atomic E-state index is 0.0239. The summed E-state index contributed by atoms with van der Waals surface area (Å²) in [6.07, 6.45) is 1.12. The van der Waals surface area contributed by atoms with Gasteiger partial charge in [0.1, 0.15) is 5.75 Å². The lowest BCUT2D eigenvalue weighted by Gasteiger charge is -2.10. The largest absolute Gasteiger partial charge is 0.496 e. The second-order valence-electron chi connectivity index (χ2n) is 5.87. The van der Waals surface area contributed by atoms with Gasteiger partial charge in [-0.2, -0.15) is 5.10 Å². The summed E-state index contributed by atoms with van der Waals surface area (Å²) in [6, 6.07) is 6.09. The molecule has 5 nitrogen and oxygen atoms in total. The Kier molecular flexibility index (Phi) is 5.42. The van der Waals surface area contributed by atoms with Crippen LogP contribution in [0.5, 0.6) is 5.75 Å².